The van der Waals surface area contributed by atoms with Crippen LogP contribution in [0.25, 0.3) is 0 Å². The summed E-state index contributed by atoms with van der Waals surface area (Å²) in [4.78, 5) is 3.97. The lowest BCUT2D eigenvalue weighted by Gasteiger charge is -2.40. The Morgan fingerprint density at radius 3 is 2.56 bits per heavy atom. The zero-order valence-electron chi connectivity index (χ0n) is 10.4. The molecule has 0 aliphatic heterocycles. The molecule has 6 heteroatoms. The number of rotatable bonds is 4. The molecule has 4 N–H and O–H groups in total. The van der Waals surface area contributed by atoms with Crippen molar-refractivity contribution >= 4 is 30.6 Å². The normalized spacial score (nSPS) is 17.9. The second-order valence-corrected chi connectivity index (χ2v) is 4.83. The quantitative estimate of drug-likeness (QED) is 0.795. The zero-order chi connectivity index (χ0) is 11.6. The predicted octanol–water partition coefficient (Wildman–Crippen LogP) is 2.07. The van der Waals surface area contributed by atoms with Crippen LogP contribution >= 0.6 is 24.8 Å². The Labute approximate surface area is 120 Å². The Kier molecular flexibility index (Phi) is 6.92. The fraction of sp³-hybridized carbons (Fsp3) is 0.583. The lowest BCUT2D eigenvalue weighted by molar-refractivity contribution is 0.132. The van der Waals surface area contributed by atoms with E-state index < -0.39 is 6.10 Å². The predicted molar refractivity (Wildman–Crippen MR) is 78.4 cm³/mol. The van der Waals surface area contributed by atoms with E-state index in [2.05, 4.69) is 17.2 Å². The number of aliphatic hydroxyl groups excluding tert-OH is 1. The lowest BCUT2D eigenvalue weighted by Crippen LogP contribution is -2.49. The summed E-state index contributed by atoms with van der Waals surface area (Å²) in [6, 6.07) is 3.53. The smallest absolute Gasteiger partial charge is 0.123 e. The number of halogens is 2. The standard InChI is InChI=1S/C12H19N3O.2ClH/c1-12(5-2-6-12)15-8-10(16)9-3-4-11(13)14-7-9;;/h3-4,7,10,15-16H,2,5-6,8H2,1H3,(H2,13,14);2*1H/t10-;;/m0../s1. The topological polar surface area (TPSA) is 71.2 Å². The van der Waals surface area contributed by atoms with E-state index in [1.54, 1.807) is 12.3 Å². The van der Waals surface area contributed by atoms with Crippen molar-refractivity contribution in [2.45, 2.75) is 37.8 Å². The summed E-state index contributed by atoms with van der Waals surface area (Å²) in [5.74, 6) is 0.481. The number of pyridine rings is 1. The van der Waals surface area contributed by atoms with Gasteiger partial charge in [-0.2, -0.15) is 0 Å². The van der Waals surface area contributed by atoms with Gasteiger partial charge in [-0.15, -0.1) is 24.8 Å². The molecule has 0 unspecified atom stereocenters. The van der Waals surface area contributed by atoms with Gasteiger partial charge in [0.1, 0.15) is 5.82 Å². The van der Waals surface area contributed by atoms with Gasteiger partial charge in [0.05, 0.1) is 6.10 Å². The number of nitrogen functional groups attached to an aromatic ring is 1. The third-order valence-corrected chi connectivity index (χ3v) is 3.37. The molecule has 1 fully saturated rings. The van der Waals surface area contributed by atoms with Crippen LogP contribution in [0.15, 0.2) is 18.3 Å². The molecule has 18 heavy (non-hydrogen) atoms. The maximum atomic E-state index is 9.95. The molecule has 1 aliphatic carbocycles. The summed E-state index contributed by atoms with van der Waals surface area (Å²) >= 11 is 0. The third kappa shape index (κ3) is 4.28. The Morgan fingerprint density at radius 2 is 2.11 bits per heavy atom. The van der Waals surface area contributed by atoms with Crippen LogP contribution < -0.4 is 11.1 Å². The number of hydrogen-bond acceptors (Lipinski definition) is 4. The number of aliphatic hydroxyl groups is 1. The molecule has 0 spiro atoms. The van der Waals surface area contributed by atoms with Gasteiger partial charge in [0, 0.05) is 23.8 Å². The molecule has 0 aromatic carbocycles. The van der Waals surface area contributed by atoms with Crippen LogP contribution in [0.1, 0.15) is 37.9 Å². The molecular weight excluding hydrogens is 273 g/mol. The minimum absolute atomic E-state index is 0. The Balaban J connectivity index is 0.00000144. The SMILES string of the molecule is CC1(NC[C@H](O)c2ccc(N)nc2)CCC1.Cl.Cl. The minimum Gasteiger partial charge on any atom is -0.387 e. The molecule has 1 atom stereocenters. The number of aromatic nitrogens is 1. The second-order valence-electron chi connectivity index (χ2n) is 4.83. The van der Waals surface area contributed by atoms with Gasteiger partial charge in [0.2, 0.25) is 0 Å². The van der Waals surface area contributed by atoms with Gasteiger partial charge in [-0.05, 0) is 32.3 Å². The average Bonchev–Trinajstić information content (AvgIpc) is 2.24. The van der Waals surface area contributed by atoms with Crippen molar-refractivity contribution in [1.29, 1.82) is 0 Å². The summed E-state index contributed by atoms with van der Waals surface area (Å²) in [5, 5.41) is 13.4. The maximum absolute atomic E-state index is 9.95. The first kappa shape index (κ1) is 17.4. The first-order valence-corrected chi connectivity index (χ1v) is 5.74. The van der Waals surface area contributed by atoms with Gasteiger partial charge < -0.3 is 16.2 Å². The molecule has 0 saturated heterocycles. The van der Waals surface area contributed by atoms with E-state index >= 15 is 0 Å². The van der Waals surface area contributed by atoms with Crippen LogP contribution in [-0.2, 0) is 0 Å². The van der Waals surface area contributed by atoms with Crippen molar-refractivity contribution in [3.8, 4) is 0 Å². The van der Waals surface area contributed by atoms with E-state index in [9.17, 15) is 5.11 Å². The van der Waals surface area contributed by atoms with Gasteiger partial charge in [-0.3, -0.25) is 0 Å². The zero-order valence-corrected chi connectivity index (χ0v) is 12.1. The Bertz CT molecular complexity index is 355. The molecule has 1 aromatic rings. The van der Waals surface area contributed by atoms with Gasteiger partial charge in [-0.25, -0.2) is 4.98 Å². The van der Waals surface area contributed by atoms with E-state index in [0.717, 1.165) is 5.56 Å². The fourth-order valence-electron chi connectivity index (χ4n) is 1.96. The number of nitrogens with two attached hydrogens (primary N) is 1. The van der Waals surface area contributed by atoms with Crippen molar-refractivity contribution < 1.29 is 5.11 Å². The highest BCUT2D eigenvalue weighted by molar-refractivity contribution is 5.85. The summed E-state index contributed by atoms with van der Waals surface area (Å²) < 4.78 is 0. The van der Waals surface area contributed by atoms with Gasteiger partial charge in [0.15, 0.2) is 0 Å². The molecule has 0 bridgehead atoms. The van der Waals surface area contributed by atoms with E-state index in [4.69, 9.17) is 5.73 Å². The van der Waals surface area contributed by atoms with Crippen molar-refractivity contribution in [2.75, 3.05) is 12.3 Å². The molecule has 2 rings (SSSR count). The van der Waals surface area contributed by atoms with Gasteiger partial charge in [0.25, 0.3) is 0 Å². The van der Waals surface area contributed by atoms with Crippen molar-refractivity contribution in [3.05, 3.63) is 23.9 Å². The number of nitrogens with one attached hydrogen (secondary N) is 1. The largest absolute Gasteiger partial charge is 0.387 e. The Morgan fingerprint density at radius 1 is 1.44 bits per heavy atom. The van der Waals surface area contributed by atoms with Crippen molar-refractivity contribution in [2.24, 2.45) is 0 Å². The van der Waals surface area contributed by atoms with Crippen LogP contribution in [-0.4, -0.2) is 22.2 Å². The van der Waals surface area contributed by atoms with Gasteiger partial charge in [-0.1, -0.05) is 6.07 Å². The van der Waals surface area contributed by atoms with Crippen molar-refractivity contribution in [1.82, 2.24) is 10.3 Å². The number of hydrogen-bond donors (Lipinski definition) is 3. The highest BCUT2D eigenvalue weighted by atomic mass is 35.5. The maximum Gasteiger partial charge on any atom is 0.123 e. The average molecular weight is 294 g/mol. The Hall–Kier alpha value is -0.550. The van der Waals surface area contributed by atoms with Crippen LogP contribution in [0.4, 0.5) is 5.82 Å². The van der Waals surface area contributed by atoms with Crippen LogP contribution in [0.5, 0.6) is 0 Å². The first-order chi connectivity index (χ1) is 7.59. The molecule has 1 aromatic heterocycles. The molecular formula is C12H21Cl2N3O. The molecule has 1 heterocycles. The van der Waals surface area contributed by atoms with E-state index in [1.807, 2.05) is 6.07 Å². The van der Waals surface area contributed by atoms with Gasteiger partial charge >= 0.3 is 0 Å². The molecule has 1 saturated carbocycles. The summed E-state index contributed by atoms with van der Waals surface area (Å²) in [6.07, 6.45) is 4.79. The second kappa shape index (κ2) is 7.14. The molecule has 4 nitrogen and oxygen atoms in total. The van der Waals surface area contributed by atoms with E-state index in [0.29, 0.717) is 12.4 Å². The number of anilines is 1. The monoisotopic (exact) mass is 293 g/mol. The van der Waals surface area contributed by atoms with Crippen LogP contribution in [0, 0.1) is 0 Å². The molecule has 0 amide bonds. The minimum atomic E-state index is -0.509. The lowest BCUT2D eigenvalue weighted by atomic mass is 9.78. The highest BCUT2D eigenvalue weighted by Crippen LogP contribution is 2.31. The third-order valence-electron chi connectivity index (χ3n) is 3.37. The highest BCUT2D eigenvalue weighted by Gasteiger charge is 2.31. The van der Waals surface area contributed by atoms with E-state index in [1.165, 1.54) is 19.3 Å². The summed E-state index contributed by atoms with van der Waals surface area (Å²) in [5.41, 5.74) is 6.53. The fourth-order valence-corrected chi connectivity index (χ4v) is 1.96. The molecule has 104 valence electrons. The number of nitrogens with zero attached hydrogens (tertiary/aromatic N) is 1. The summed E-state index contributed by atoms with van der Waals surface area (Å²) in [7, 11) is 0. The van der Waals surface area contributed by atoms with Crippen LogP contribution in [0.3, 0.4) is 0 Å². The molecule has 0 radical (unpaired) electrons. The summed E-state index contributed by atoms with van der Waals surface area (Å²) in [6.45, 7) is 2.77. The van der Waals surface area contributed by atoms with Crippen molar-refractivity contribution in [3.63, 3.8) is 0 Å². The van der Waals surface area contributed by atoms with E-state index in [-0.39, 0.29) is 30.4 Å². The number of β-amino-alcohol motifs (C(OH)–C–C–N with tert-alkyl or cyclic N) is 1. The first-order valence-electron chi connectivity index (χ1n) is 5.74. The molecule has 1 aliphatic rings. The van der Waals surface area contributed by atoms with Crippen LogP contribution in [0.2, 0.25) is 0 Å².